The molecule has 1 aliphatic carbocycles. The van der Waals surface area contributed by atoms with Crippen molar-refractivity contribution in [1.29, 1.82) is 0 Å². The van der Waals surface area contributed by atoms with Crippen molar-refractivity contribution in [3.63, 3.8) is 0 Å². The molecule has 1 heterocycles. The first kappa shape index (κ1) is 12.3. The average molecular weight is 246 g/mol. The van der Waals surface area contributed by atoms with E-state index in [1.165, 1.54) is 12.8 Å². The van der Waals surface area contributed by atoms with E-state index in [0.717, 1.165) is 19.3 Å². The average Bonchev–Trinajstić information content (AvgIpc) is 3.10. The number of piperidine rings is 1. The zero-order valence-corrected chi connectivity index (χ0v) is 10.8. The molecule has 0 amide bonds. The van der Waals surface area contributed by atoms with Crippen molar-refractivity contribution in [2.75, 3.05) is 25.9 Å². The molecule has 0 radical (unpaired) electrons. The summed E-state index contributed by atoms with van der Waals surface area (Å²) in [5.74, 6) is 1.05. The Hall–Kier alpha value is -0.130. The molecule has 2 rings (SSSR count). The zero-order chi connectivity index (χ0) is 11.6. The lowest BCUT2D eigenvalue weighted by Crippen LogP contribution is -2.47. The highest BCUT2D eigenvalue weighted by molar-refractivity contribution is 7.89. The van der Waals surface area contributed by atoms with E-state index in [-0.39, 0.29) is 0 Å². The Morgan fingerprint density at radius 3 is 2.69 bits per heavy atom. The van der Waals surface area contributed by atoms with E-state index in [0.29, 0.717) is 30.8 Å². The van der Waals surface area contributed by atoms with Crippen molar-refractivity contribution >= 4 is 10.0 Å². The molecule has 0 bridgehead atoms. The van der Waals surface area contributed by atoms with Crippen LogP contribution in [0.5, 0.6) is 0 Å². The minimum Gasteiger partial charge on any atom is -0.316 e. The molecule has 5 heteroatoms. The third-order valence-electron chi connectivity index (χ3n) is 3.67. The summed E-state index contributed by atoms with van der Waals surface area (Å²) in [7, 11) is -1.08. The van der Waals surface area contributed by atoms with Crippen LogP contribution < -0.4 is 5.32 Å². The van der Waals surface area contributed by atoms with Crippen molar-refractivity contribution in [2.45, 2.75) is 38.1 Å². The molecule has 0 aromatic carbocycles. The van der Waals surface area contributed by atoms with Gasteiger partial charge in [0.05, 0.1) is 5.75 Å². The van der Waals surface area contributed by atoms with Gasteiger partial charge in [-0.2, -0.15) is 0 Å². The number of hydrogen-bond donors (Lipinski definition) is 1. The van der Waals surface area contributed by atoms with Crippen molar-refractivity contribution < 1.29 is 8.42 Å². The zero-order valence-electron chi connectivity index (χ0n) is 9.98. The minimum atomic E-state index is -2.99. The van der Waals surface area contributed by atoms with Gasteiger partial charge >= 0.3 is 0 Å². The first-order valence-corrected chi connectivity index (χ1v) is 7.88. The van der Waals surface area contributed by atoms with E-state index < -0.39 is 10.0 Å². The van der Waals surface area contributed by atoms with Gasteiger partial charge in [0.15, 0.2) is 0 Å². The van der Waals surface area contributed by atoms with Crippen molar-refractivity contribution in [1.82, 2.24) is 9.62 Å². The first-order valence-electron chi connectivity index (χ1n) is 6.27. The summed E-state index contributed by atoms with van der Waals surface area (Å²) in [4.78, 5) is 0. The summed E-state index contributed by atoms with van der Waals surface area (Å²) in [5, 5.41) is 3.18. The number of likely N-dealkylation sites (N-methyl/N-ethyl adjacent to an activating group) is 1. The van der Waals surface area contributed by atoms with Crippen LogP contribution in [0.15, 0.2) is 0 Å². The fraction of sp³-hybridized carbons (Fsp3) is 1.00. The number of sulfonamides is 1. The number of hydrogen-bond acceptors (Lipinski definition) is 3. The lowest BCUT2D eigenvalue weighted by atomic mass is 10.1. The molecule has 0 aromatic rings. The Kier molecular flexibility index (Phi) is 3.87. The molecular formula is C11H22N2O2S. The van der Waals surface area contributed by atoms with Gasteiger partial charge in [0.2, 0.25) is 10.0 Å². The van der Waals surface area contributed by atoms with Gasteiger partial charge < -0.3 is 5.32 Å². The molecule has 94 valence electrons. The fourth-order valence-corrected chi connectivity index (χ4v) is 3.99. The summed E-state index contributed by atoms with van der Waals surface area (Å²) in [6, 6.07) is 0.337. The predicted octanol–water partition coefficient (Wildman–Crippen LogP) is 0.800. The van der Waals surface area contributed by atoms with Crippen LogP contribution in [0, 0.1) is 5.92 Å². The second kappa shape index (κ2) is 5.02. The fourth-order valence-electron chi connectivity index (χ4n) is 2.28. The third-order valence-corrected chi connectivity index (χ3v) is 5.54. The van der Waals surface area contributed by atoms with Gasteiger partial charge in [-0.25, -0.2) is 12.7 Å². The standard InChI is InChI=1S/C11H22N2O2S/c1-12-11-3-2-7-13(9-11)16(14,15)8-6-10-4-5-10/h10-12H,2-9H2,1H3. The quantitative estimate of drug-likeness (QED) is 0.780. The summed E-state index contributed by atoms with van der Waals surface area (Å²) in [5.41, 5.74) is 0. The van der Waals surface area contributed by atoms with Gasteiger partial charge in [-0.3, -0.25) is 0 Å². The number of nitrogens with one attached hydrogen (secondary N) is 1. The molecule has 2 aliphatic rings. The molecule has 0 spiro atoms. The number of rotatable bonds is 5. The van der Waals surface area contributed by atoms with Crippen LogP contribution in [0.1, 0.15) is 32.1 Å². The lowest BCUT2D eigenvalue weighted by molar-refractivity contribution is 0.292. The third kappa shape index (κ3) is 3.18. The summed E-state index contributed by atoms with van der Waals surface area (Å²) >= 11 is 0. The maximum atomic E-state index is 12.1. The second-order valence-corrected chi connectivity index (χ2v) is 7.12. The largest absolute Gasteiger partial charge is 0.316 e. The monoisotopic (exact) mass is 246 g/mol. The summed E-state index contributed by atoms with van der Waals surface area (Å²) in [6.07, 6.45) is 5.39. The topological polar surface area (TPSA) is 49.4 Å². The van der Waals surface area contributed by atoms with E-state index in [4.69, 9.17) is 0 Å². The van der Waals surface area contributed by atoms with E-state index in [2.05, 4.69) is 5.32 Å². The van der Waals surface area contributed by atoms with Crippen LogP contribution in [0.2, 0.25) is 0 Å². The predicted molar refractivity (Wildman–Crippen MR) is 64.8 cm³/mol. The highest BCUT2D eigenvalue weighted by Crippen LogP contribution is 2.33. The van der Waals surface area contributed by atoms with Gasteiger partial charge in [-0.1, -0.05) is 12.8 Å². The molecule has 2 fully saturated rings. The number of nitrogens with zero attached hydrogens (tertiary/aromatic N) is 1. The van der Waals surface area contributed by atoms with Crippen LogP contribution in [-0.4, -0.2) is 44.7 Å². The minimum absolute atomic E-state index is 0.337. The Morgan fingerprint density at radius 2 is 2.06 bits per heavy atom. The molecule has 1 N–H and O–H groups in total. The van der Waals surface area contributed by atoms with E-state index in [1.54, 1.807) is 4.31 Å². The molecule has 1 aliphatic heterocycles. The van der Waals surface area contributed by atoms with Crippen LogP contribution in [0.3, 0.4) is 0 Å². The SMILES string of the molecule is CNC1CCCN(S(=O)(=O)CCC2CC2)C1. The van der Waals surface area contributed by atoms with Gasteiger partial charge in [-0.15, -0.1) is 0 Å². The van der Waals surface area contributed by atoms with E-state index >= 15 is 0 Å². The van der Waals surface area contributed by atoms with E-state index in [9.17, 15) is 8.42 Å². The highest BCUT2D eigenvalue weighted by Gasteiger charge is 2.30. The van der Waals surface area contributed by atoms with Gasteiger partial charge in [0.25, 0.3) is 0 Å². The molecule has 4 nitrogen and oxygen atoms in total. The molecule has 16 heavy (non-hydrogen) atoms. The van der Waals surface area contributed by atoms with Crippen molar-refractivity contribution in [3.8, 4) is 0 Å². The molecule has 1 unspecified atom stereocenters. The smallest absolute Gasteiger partial charge is 0.214 e. The van der Waals surface area contributed by atoms with Crippen LogP contribution in [0.25, 0.3) is 0 Å². The van der Waals surface area contributed by atoms with Gasteiger partial charge in [-0.05, 0) is 32.2 Å². The van der Waals surface area contributed by atoms with Crippen molar-refractivity contribution in [3.05, 3.63) is 0 Å². The molecule has 1 saturated carbocycles. The van der Waals surface area contributed by atoms with E-state index in [1.807, 2.05) is 7.05 Å². The normalized spacial score (nSPS) is 28.2. The molecular weight excluding hydrogens is 224 g/mol. The van der Waals surface area contributed by atoms with Crippen LogP contribution in [-0.2, 0) is 10.0 Å². The Balaban J connectivity index is 1.87. The first-order chi connectivity index (χ1) is 7.62. The summed E-state index contributed by atoms with van der Waals surface area (Å²) < 4.78 is 25.8. The Labute approximate surface area is 98.4 Å². The van der Waals surface area contributed by atoms with Gasteiger partial charge in [0, 0.05) is 19.1 Å². The second-order valence-electron chi connectivity index (χ2n) is 5.03. The Morgan fingerprint density at radius 1 is 1.31 bits per heavy atom. The maximum Gasteiger partial charge on any atom is 0.214 e. The molecule has 0 aromatic heterocycles. The van der Waals surface area contributed by atoms with Crippen LogP contribution in [0.4, 0.5) is 0 Å². The highest BCUT2D eigenvalue weighted by atomic mass is 32.2. The summed E-state index contributed by atoms with van der Waals surface area (Å²) in [6.45, 7) is 1.37. The maximum absolute atomic E-state index is 12.1. The molecule has 1 atom stereocenters. The Bertz CT molecular complexity index is 325. The molecule has 1 saturated heterocycles. The van der Waals surface area contributed by atoms with Crippen molar-refractivity contribution in [2.24, 2.45) is 5.92 Å². The lowest BCUT2D eigenvalue weighted by Gasteiger charge is -2.31. The van der Waals surface area contributed by atoms with Gasteiger partial charge in [0.1, 0.15) is 0 Å². The van der Waals surface area contributed by atoms with Crippen LogP contribution >= 0.6 is 0 Å².